The van der Waals surface area contributed by atoms with Gasteiger partial charge in [-0.3, -0.25) is 35.2 Å². The normalized spacial score (nSPS) is 36.7. The van der Waals surface area contributed by atoms with Crippen LogP contribution < -0.4 is 10.6 Å². The summed E-state index contributed by atoms with van der Waals surface area (Å²) in [5.41, 5.74) is -7.01. The number of nitrogens with one attached hydrogen (secondary N) is 2. The fraction of sp³-hybridized carbons (Fsp3) is 0.714. The number of aliphatic hydroxyl groups is 3. The van der Waals surface area contributed by atoms with E-state index in [-0.39, 0.29) is 31.6 Å². The number of nitrogens with zero attached hydrogens (tertiary/aromatic N) is 2. The van der Waals surface area contributed by atoms with Crippen molar-refractivity contribution < 1.29 is 74.1 Å². The monoisotopic (exact) mass is 676 g/mol. The summed E-state index contributed by atoms with van der Waals surface area (Å²) in [7, 11) is 0. The Hall–Kier alpha value is -2.95. The molecule has 19 heteroatoms. The molecule has 2 amide bonds. The number of rotatable bonds is 13. The van der Waals surface area contributed by atoms with Crippen LogP contribution in [0.5, 0.6) is 0 Å². The first kappa shape index (κ1) is 36.9. The largest absolute Gasteiger partial charge is 0.441 e. The zero-order valence-electron chi connectivity index (χ0n) is 25.7. The van der Waals surface area contributed by atoms with Crippen LogP contribution in [0.4, 0.5) is 9.18 Å². The Balaban J connectivity index is 1.33. The molecular weight excluding hydrogens is 635 g/mol. The Bertz CT molecular complexity index is 1300. The van der Waals surface area contributed by atoms with Crippen molar-refractivity contribution in [3.05, 3.63) is 23.8 Å². The SMILES string of the molecule is C[C@]12C=CC(=O)C=C1CC[C@H]1[C@@H]3C[C@@H](O)[C@](O)(C(=O)COC(=O)NCC(=O)NCCC(CON(O)O)ON(O)O)[C@@]3(C)C[C@H](O)[C@@]12F. The van der Waals surface area contributed by atoms with Crippen molar-refractivity contribution in [2.24, 2.45) is 22.7 Å². The van der Waals surface area contributed by atoms with Crippen molar-refractivity contribution in [3.63, 3.8) is 0 Å². The standard InChI is InChI=1S/C28H41FN4O14/c1-25-7-5-16(34)9-15(25)3-4-18-19-10-20(35)28(40,26(19,2)11-21(36)27(18,25)29)22(37)14-45-24(39)31-12-23(38)30-8-6-17(47-33(43)44)13-46-32(41)42/h5,7,9,17-21,35-36,40-44H,3-4,6,8,10-14H2,1-2H3,(H,30,38)(H,31,39)/t17?,18-,19-,20+,21-,25-,26-,27-,28-/m0/s1. The van der Waals surface area contributed by atoms with Crippen LogP contribution in [0.2, 0.25) is 0 Å². The lowest BCUT2D eigenvalue weighted by atomic mass is 9.44. The number of amides is 2. The average molecular weight is 677 g/mol. The highest BCUT2D eigenvalue weighted by Crippen LogP contribution is 2.69. The molecule has 0 aromatic heterocycles. The lowest BCUT2D eigenvalue weighted by Gasteiger charge is -2.62. The summed E-state index contributed by atoms with van der Waals surface area (Å²) in [5, 5.41) is 72.0. The Labute approximate surface area is 267 Å². The first-order valence-corrected chi connectivity index (χ1v) is 15.0. The molecule has 9 atom stereocenters. The van der Waals surface area contributed by atoms with Gasteiger partial charge in [-0.05, 0) is 57.1 Å². The van der Waals surface area contributed by atoms with Crippen LogP contribution in [0, 0.1) is 22.7 Å². The van der Waals surface area contributed by atoms with Crippen LogP contribution in [0.25, 0.3) is 0 Å². The number of allylic oxidation sites excluding steroid dienone is 4. The molecule has 0 radical (unpaired) electrons. The van der Waals surface area contributed by atoms with Crippen molar-refractivity contribution >= 4 is 23.6 Å². The van der Waals surface area contributed by atoms with Gasteiger partial charge >= 0.3 is 6.09 Å². The molecule has 264 valence electrons. The molecule has 0 bridgehead atoms. The van der Waals surface area contributed by atoms with E-state index < -0.39 is 107 Å². The maximum absolute atomic E-state index is 17.2. The maximum atomic E-state index is 17.2. The van der Waals surface area contributed by atoms with E-state index in [1.165, 1.54) is 25.2 Å². The first-order valence-electron chi connectivity index (χ1n) is 15.0. The third-order valence-corrected chi connectivity index (χ3v) is 10.4. The smallest absolute Gasteiger partial charge is 0.408 e. The summed E-state index contributed by atoms with van der Waals surface area (Å²) in [4.78, 5) is 58.6. The van der Waals surface area contributed by atoms with Gasteiger partial charge < -0.3 is 30.7 Å². The number of hydrogen-bond acceptors (Lipinski definition) is 16. The van der Waals surface area contributed by atoms with Gasteiger partial charge in [0, 0.05) is 23.3 Å². The predicted octanol–water partition coefficient (Wildman–Crippen LogP) is -0.747. The second-order valence-corrected chi connectivity index (χ2v) is 12.8. The number of halogens is 1. The van der Waals surface area contributed by atoms with Crippen LogP contribution in [0.3, 0.4) is 0 Å². The first-order chi connectivity index (χ1) is 21.9. The van der Waals surface area contributed by atoms with Crippen molar-refractivity contribution in [1.82, 2.24) is 21.4 Å². The quantitative estimate of drug-likeness (QED) is 0.109. The number of alkyl halides is 1. The molecule has 4 rings (SSSR count). The van der Waals surface area contributed by atoms with Gasteiger partial charge in [0.05, 0.1) is 29.5 Å². The van der Waals surface area contributed by atoms with Crippen molar-refractivity contribution in [2.45, 2.75) is 75.5 Å². The van der Waals surface area contributed by atoms with Gasteiger partial charge in [-0.2, -0.15) is 0 Å². The minimum Gasteiger partial charge on any atom is -0.441 e. The Morgan fingerprint density at radius 1 is 1.09 bits per heavy atom. The minimum atomic E-state index is -2.50. The van der Waals surface area contributed by atoms with Gasteiger partial charge in [-0.1, -0.05) is 18.6 Å². The lowest BCUT2D eigenvalue weighted by molar-refractivity contribution is -0.527. The van der Waals surface area contributed by atoms with Gasteiger partial charge in [-0.25, -0.2) is 18.9 Å². The zero-order chi connectivity index (χ0) is 34.9. The molecule has 4 aliphatic rings. The Morgan fingerprint density at radius 3 is 2.45 bits per heavy atom. The van der Waals surface area contributed by atoms with Gasteiger partial charge in [0.2, 0.25) is 11.7 Å². The molecule has 0 spiro atoms. The minimum absolute atomic E-state index is 0.122. The highest BCUT2D eigenvalue weighted by molar-refractivity contribution is 6.01. The van der Waals surface area contributed by atoms with Gasteiger partial charge in [0.15, 0.2) is 23.7 Å². The van der Waals surface area contributed by atoms with E-state index in [1.807, 2.05) is 0 Å². The second-order valence-electron chi connectivity index (χ2n) is 12.8. The number of ether oxygens (including phenoxy) is 1. The molecule has 0 aromatic rings. The number of ketones is 2. The van der Waals surface area contributed by atoms with Gasteiger partial charge in [0.1, 0.15) is 12.7 Å². The number of fused-ring (bicyclic) bond motifs is 5. The summed E-state index contributed by atoms with van der Waals surface area (Å²) in [5.74, 6) is -3.72. The van der Waals surface area contributed by atoms with Crippen LogP contribution in [-0.4, -0.2) is 126 Å². The lowest BCUT2D eigenvalue weighted by Crippen LogP contribution is -2.69. The summed E-state index contributed by atoms with van der Waals surface area (Å²) in [6.07, 6.45) is -1.73. The number of carbonyl (C=O) groups excluding carboxylic acids is 4. The molecule has 0 aliphatic heterocycles. The van der Waals surface area contributed by atoms with E-state index in [4.69, 9.17) is 25.6 Å². The fourth-order valence-electron chi connectivity index (χ4n) is 8.06. The van der Waals surface area contributed by atoms with Gasteiger partial charge in [-0.15, -0.1) is 0 Å². The van der Waals surface area contributed by atoms with Crippen molar-refractivity contribution in [1.29, 1.82) is 0 Å². The second kappa shape index (κ2) is 13.9. The predicted molar refractivity (Wildman–Crippen MR) is 148 cm³/mol. The van der Waals surface area contributed by atoms with Gasteiger partial charge in [0.25, 0.3) is 0 Å². The Kier molecular flexibility index (Phi) is 10.9. The summed E-state index contributed by atoms with van der Waals surface area (Å²) < 4.78 is 22.1. The molecule has 0 saturated heterocycles. The fourth-order valence-corrected chi connectivity index (χ4v) is 8.06. The number of carbonyl (C=O) groups is 4. The van der Waals surface area contributed by atoms with E-state index in [9.17, 15) is 34.5 Å². The van der Waals surface area contributed by atoms with Crippen LogP contribution >= 0.6 is 0 Å². The van der Waals surface area contributed by atoms with Crippen LogP contribution in [0.15, 0.2) is 23.8 Å². The number of alkyl carbamates (subject to hydrolysis) is 1. The average Bonchev–Trinajstić information content (AvgIpc) is 3.19. The van der Waals surface area contributed by atoms with E-state index in [0.29, 0.717) is 12.0 Å². The van der Waals surface area contributed by atoms with E-state index in [2.05, 4.69) is 20.3 Å². The molecule has 1 unspecified atom stereocenters. The summed E-state index contributed by atoms with van der Waals surface area (Å²) in [6, 6.07) is 0. The molecule has 9 N–H and O–H groups in total. The van der Waals surface area contributed by atoms with Crippen molar-refractivity contribution in [2.75, 3.05) is 26.3 Å². The zero-order valence-corrected chi connectivity index (χ0v) is 25.7. The third kappa shape index (κ3) is 6.70. The number of hydrogen-bond donors (Lipinski definition) is 9. The molecule has 0 heterocycles. The maximum Gasteiger partial charge on any atom is 0.408 e. The summed E-state index contributed by atoms with van der Waals surface area (Å²) in [6.45, 7) is 0.749. The van der Waals surface area contributed by atoms with E-state index >= 15 is 4.39 Å². The molecule has 4 aliphatic carbocycles. The topological polar surface area (TPSA) is 268 Å². The molecule has 18 nitrogen and oxygen atoms in total. The van der Waals surface area contributed by atoms with Crippen LogP contribution in [0.1, 0.15) is 46.0 Å². The van der Waals surface area contributed by atoms with Crippen molar-refractivity contribution in [3.8, 4) is 0 Å². The summed E-state index contributed by atoms with van der Waals surface area (Å²) >= 11 is 0. The molecular formula is C28H41FN4O14. The van der Waals surface area contributed by atoms with E-state index in [0.717, 1.165) is 0 Å². The number of aliphatic hydroxyl groups excluding tert-OH is 2. The molecule has 47 heavy (non-hydrogen) atoms. The highest BCUT2D eigenvalue weighted by atomic mass is 19.1. The third-order valence-electron chi connectivity index (χ3n) is 10.4. The van der Waals surface area contributed by atoms with E-state index in [1.54, 1.807) is 6.92 Å². The highest BCUT2D eigenvalue weighted by Gasteiger charge is 2.76. The number of Topliss-reactive ketones (excluding diaryl/α,β-unsaturated/α-hetero) is 1. The molecule has 3 saturated carbocycles. The molecule has 3 fully saturated rings. The van der Waals surface area contributed by atoms with Crippen LogP contribution in [-0.2, 0) is 28.8 Å². The molecule has 0 aromatic carbocycles. The Morgan fingerprint density at radius 2 is 1.79 bits per heavy atom.